The molecule has 2 heterocycles. The van der Waals surface area contributed by atoms with E-state index in [0.29, 0.717) is 51.1 Å². The monoisotopic (exact) mass is 781 g/mol. The summed E-state index contributed by atoms with van der Waals surface area (Å²) in [7, 11) is -4.35. The Bertz CT molecular complexity index is 2380. The first-order chi connectivity index (χ1) is 23.9. The number of phenolic OH excluding ortho intramolecular Hbond substituents is 1. The molecule has 20 heteroatoms. The second-order valence-electron chi connectivity index (χ2n) is 10.2. The summed E-state index contributed by atoms with van der Waals surface area (Å²) >= 11 is 0.607. The third-order valence-electron chi connectivity index (χ3n) is 6.77. The molecule has 6 N–H and O–H groups in total. The Hall–Kier alpha value is -5.31. The van der Waals surface area contributed by atoms with Crippen LogP contribution >= 0.6 is 12.0 Å². The second kappa shape index (κ2) is 16.6. The van der Waals surface area contributed by atoms with Crippen LogP contribution in [0.5, 0.6) is 5.75 Å². The smallest absolute Gasteiger partial charge is 0.300 e. The van der Waals surface area contributed by atoms with Crippen LogP contribution in [0.25, 0.3) is 27.4 Å². The van der Waals surface area contributed by atoms with E-state index in [1.807, 2.05) is 24.3 Å². The minimum absolute atomic E-state index is 0. The van der Waals surface area contributed by atoms with Crippen LogP contribution in [0.2, 0.25) is 0 Å². The van der Waals surface area contributed by atoms with Crippen molar-refractivity contribution in [2.75, 3.05) is 5.73 Å². The van der Waals surface area contributed by atoms with Crippen LogP contribution in [-0.2, 0) is 41.4 Å². The number of nitrogens with zero attached hydrogens (tertiary/aromatic N) is 7. The van der Waals surface area contributed by atoms with Crippen molar-refractivity contribution >= 4 is 78.4 Å². The number of benzene rings is 4. The van der Waals surface area contributed by atoms with Gasteiger partial charge in [0, 0.05) is 41.0 Å². The molecule has 17 nitrogen and oxygen atoms in total. The van der Waals surface area contributed by atoms with Gasteiger partial charge in [-0.15, -0.1) is 19.7 Å². The molecule has 0 bridgehead atoms. The Morgan fingerprint density at radius 3 is 2.31 bits per heavy atom. The van der Waals surface area contributed by atoms with Crippen molar-refractivity contribution in [2.45, 2.75) is 23.6 Å². The van der Waals surface area contributed by atoms with E-state index in [9.17, 15) is 18.1 Å². The summed E-state index contributed by atoms with van der Waals surface area (Å²) in [5.41, 5.74) is 9.06. The number of nitrogen functional groups attached to an aromatic ring is 1. The van der Waals surface area contributed by atoms with Crippen molar-refractivity contribution in [2.24, 2.45) is 20.5 Å². The molecule has 0 aliphatic carbocycles. The molecule has 0 unspecified atom stereocenters. The molecular formula is C31H26CuN8O9S2. The normalized spacial score (nSPS) is 11.5. The molecule has 0 aliphatic heterocycles. The third kappa shape index (κ3) is 9.08. The number of para-hydroxylation sites is 1. The molecule has 0 aliphatic rings. The number of anilines is 1. The van der Waals surface area contributed by atoms with Crippen LogP contribution in [-0.4, -0.2) is 49.2 Å². The van der Waals surface area contributed by atoms with Gasteiger partial charge in [0.15, 0.2) is 17.3 Å². The number of hydrogen-bond donors (Lipinski definition) is 5. The van der Waals surface area contributed by atoms with E-state index in [-0.39, 0.29) is 49.8 Å². The van der Waals surface area contributed by atoms with Crippen molar-refractivity contribution in [3.63, 3.8) is 0 Å². The molecule has 0 saturated heterocycles. The second-order valence-corrected chi connectivity index (χ2v) is 12.3. The quantitative estimate of drug-likeness (QED) is 0.0235. The number of pyridine rings is 1. The van der Waals surface area contributed by atoms with Crippen LogP contribution in [0.3, 0.4) is 0 Å². The van der Waals surface area contributed by atoms with Gasteiger partial charge in [-0.1, -0.05) is 23.2 Å². The number of aromatic nitrogens is 3. The molecule has 267 valence electrons. The molecule has 1 radical (unpaired) electrons. The maximum absolute atomic E-state index is 11.4. The van der Waals surface area contributed by atoms with Gasteiger partial charge in [-0.05, 0) is 73.0 Å². The number of rotatable bonds is 9. The number of carboxylic acid groups (broad SMARTS) is 1. The molecule has 2 aromatic heterocycles. The number of azo groups is 2. The number of phenols is 1. The van der Waals surface area contributed by atoms with E-state index in [1.54, 1.807) is 43.5 Å². The van der Waals surface area contributed by atoms with Crippen molar-refractivity contribution < 1.29 is 59.7 Å². The third-order valence-corrected chi connectivity index (χ3v) is 8.25. The molecule has 4 aromatic carbocycles. The molecule has 6 aromatic rings. The van der Waals surface area contributed by atoms with Crippen LogP contribution < -0.4 is 5.73 Å². The Balaban J connectivity index is 0.00000111. The molecule has 0 spiro atoms. The van der Waals surface area contributed by atoms with Gasteiger partial charge in [0.2, 0.25) is 0 Å². The first-order valence-electron chi connectivity index (χ1n) is 14.1. The average Bonchev–Trinajstić information content (AvgIpc) is 3.37. The minimum atomic E-state index is -4.35. The zero-order valence-corrected chi connectivity index (χ0v) is 28.8. The first-order valence-corrected chi connectivity index (χ1v) is 16.3. The van der Waals surface area contributed by atoms with Crippen LogP contribution in [0, 0.1) is 6.92 Å². The van der Waals surface area contributed by atoms with Crippen molar-refractivity contribution in [3.8, 4) is 11.4 Å². The molecule has 0 amide bonds. The molecule has 0 atom stereocenters. The number of aryl methyl sites for hydroxylation is 1. The SMILES string of the molecule is CC(=O)O.Cc1nn(-c2ccc(S(=O)(=O)O)cc2)c(N)c1N=Nc1ccc2c(O)c(N=Nc3cccc4cccnc34)c(SOOO)cc2c1.[Cu]. The fraction of sp³-hybridized carbons (Fsp3) is 0.0645. The maximum atomic E-state index is 11.4. The predicted octanol–water partition coefficient (Wildman–Crippen LogP) is 7.76. The van der Waals surface area contributed by atoms with Gasteiger partial charge in [0.25, 0.3) is 16.1 Å². The van der Waals surface area contributed by atoms with E-state index >= 15 is 0 Å². The van der Waals surface area contributed by atoms with Crippen molar-refractivity contribution in [1.82, 2.24) is 14.8 Å². The van der Waals surface area contributed by atoms with Gasteiger partial charge < -0.3 is 15.9 Å². The summed E-state index contributed by atoms with van der Waals surface area (Å²) in [5, 5.41) is 54.5. The summed E-state index contributed by atoms with van der Waals surface area (Å²) in [6, 6.07) is 21.1. The molecular weight excluding hydrogens is 756 g/mol. The van der Waals surface area contributed by atoms with Gasteiger partial charge in [-0.3, -0.25) is 14.3 Å². The van der Waals surface area contributed by atoms with Crippen LogP contribution in [0.4, 0.5) is 28.6 Å². The van der Waals surface area contributed by atoms with Gasteiger partial charge in [0.05, 0.1) is 44.4 Å². The molecule has 0 saturated carbocycles. The minimum Gasteiger partial charge on any atom is -0.505 e. The number of hydrogen-bond acceptors (Lipinski definition) is 15. The largest absolute Gasteiger partial charge is 0.505 e. The summed E-state index contributed by atoms with van der Waals surface area (Å²) in [6.07, 6.45) is 1.65. The number of nitrogens with two attached hydrogens (primary N) is 1. The summed E-state index contributed by atoms with van der Waals surface area (Å²) in [4.78, 5) is 13.4. The Morgan fingerprint density at radius 1 is 0.941 bits per heavy atom. The summed E-state index contributed by atoms with van der Waals surface area (Å²) < 4.78 is 38.0. The van der Waals surface area contributed by atoms with E-state index in [1.165, 1.54) is 28.9 Å². The maximum Gasteiger partial charge on any atom is 0.300 e. The first kappa shape index (κ1) is 38.5. The standard InChI is InChI=1S/C29H22N8O7S2.C2H4O2.Cu/c1-16-25(29(30)37(36-16)20-8-10-21(11-9-20)46(40,41)42)34-32-19-7-12-22-18(14-19)15-24(45-44-43-39)27(28(22)38)35-33-23-6-2-4-17-5-3-13-31-26(17)23;1-2(3)4;/h2-15,38-39H,30H2,1H3,(H,40,41,42);1H3,(H,3,4);. The van der Waals surface area contributed by atoms with Gasteiger partial charge >= 0.3 is 0 Å². The summed E-state index contributed by atoms with van der Waals surface area (Å²) in [5.74, 6) is -0.890. The van der Waals surface area contributed by atoms with Gasteiger partial charge in [-0.25, -0.2) is 9.94 Å². The zero-order valence-electron chi connectivity index (χ0n) is 26.2. The van der Waals surface area contributed by atoms with Crippen molar-refractivity contribution in [1.29, 1.82) is 0 Å². The van der Waals surface area contributed by atoms with E-state index in [0.717, 1.165) is 12.3 Å². The number of carboxylic acids is 1. The fourth-order valence-electron chi connectivity index (χ4n) is 4.61. The van der Waals surface area contributed by atoms with Gasteiger partial charge in [-0.2, -0.15) is 18.6 Å². The van der Waals surface area contributed by atoms with Crippen LogP contribution in [0.15, 0.2) is 115 Å². The molecule has 51 heavy (non-hydrogen) atoms. The topological polar surface area (TPSA) is 257 Å². The number of fused-ring (bicyclic) bond motifs is 2. The Kier molecular flexibility index (Phi) is 12.5. The summed E-state index contributed by atoms with van der Waals surface area (Å²) in [6.45, 7) is 2.77. The Morgan fingerprint density at radius 2 is 1.63 bits per heavy atom. The molecule has 0 fully saturated rings. The van der Waals surface area contributed by atoms with E-state index in [4.69, 9.17) is 20.9 Å². The van der Waals surface area contributed by atoms with Crippen LogP contribution in [0.1, 0.15) is 12.6 Å². The van der Waals surface area contributed by atoms with E-state index < -0.39 is 16.1 Å². The number of aromatic hydroxyl groups is 1. The fourth-order valence-corrected chi connectivity index (χ4v) is 5.59. The average molecular weight is 782 g/mol. The zero-order chi connectivity index (χ0) is 36.0. The number of carbonyl (C=O) groups is 1. The predicted molar refractivity (Wildman–Crippen MR) is 182 cm³/mol. The van der Waals surface area contributed by atoms with Crippen molar-refractivity contribution in [3.05, 3.63) is 90.8 Å². The van der Waals surface area contributed by atoms with E-state index in [2.05, 4.69) is 39.9 Å². The Labute approximate surface area is 303 Å². The molecule has 6 rings (SSSR count). The van der Waals surface area contributed by atoms with Gasteiger partial charge in [0.1, 0.15) is 11.4 Å². The number of aliphatic carboxylic acids is 1.